The maximum atomic E-state index is 6.34. The molecular weight excluding hydrogens is 278 g/mol. The molecule has 2 rings (SSSR count). The highest BCUT2D eigenvalue weighted by Crippen LogP contribution is 2.28. The molecule has 0 saturated heterocycles. The van der Waals surface area contributed by atoms with E-state index in [1.165, 1.54) is 5.56 Å². The number of hydrogen-bond acceptors (Lipinski definition) is 3. The Labute approximate surface area is 123 Å². The van der Waals surface area contributed by atoms with Crippen molar-refractivity contribution in [3.63, 3.8) is 0 Å². The minimum absolute atomic E-state index is 0.206. The summed E-state index contributed by atoms with van der Waals surface area (Å²) in [6.45, 7) is 7.28. The molecule has 0 aliphatic heterocycles. The van der Waals surface area contributed by atoms with Crippen molar-refractivity contribution in [2.75, 3.05) is 6.54 Å². The van der Waals surface area contributed by atoms with E-state index >= 15 is 0 Å². The van der Waals surface area contributed by atoms with Crippen LogP contribution in [0, 0.1) is 0 Å². The molecule has 2 heterocycles. The van der Waals surface area contributed by atoms with Gasteiger partial charge in [-0.25, -0.2) is 0 Å². The van der Waals surface area contributed by atoms with Crippen LogP contribution in [0.15, 0.2) is 23.0 Å². The molecule has 0 aliphatic rings. The van der Waals surface area contributed by atoms with Crippen molar-refractivity contribution in [2.24, 2.45) is 0 Å². The van der Waals surface area contributed by atoms with Crippen LogP contribution in [0.1, 0.15) is 44.1 Å². The fraction of sp³-hybridized carbons (Fsp3) is 0.500. The van der Waals surface area contributed by atoms with Crippen LogP contribution in [-0.4, -0.2) is 16.3 Å². The number of nitrogens with zero attached hydrogens (tertiary/aromatic N) is 2. The van der Waals surface area contributed by atoms with Crippen molar-refractivity contribution < 1.29 is 0 Å². The molecule has 1 unspecified atom stereocenters. The quantitative estimate of drug-likeness (QED) is 0.871. The molecule has 1 N–H and O–H groups in total. The van der Waals surface area contributed by atoms with Gasteiger partial charge in [0.25, 0.3) is 0 Å². The first-order chi connectivity index (χ1) is 9.13. The summed E-state index contributed by atoms with van der Waals surface area (Å²) >= 11 is 8.07. The van der Waals surface area contributed by atoms with E-state index in [1.54, 1.807) is 17.5 Å². The molecular formula is C14H20ClN3S. The molecule has 1 atom stereocenters. The first-order valence-corrected chi connectivity index (χ1v) is 7.93. The maximum Gasteiger partial charge on any atom is 0.0834 e. The molecule has 0 radical (unpaired) electrons. The fourth-order valence-electron chi connectivity index (χ4n) is 2.24. The summed E-state index contributed by atoms with van der Waals surface area (Å²) < 4.78 is 2.02. The van der Waals surface area contributed by atoms with Crippen LogP contribution in [0.25, 0.3) is 0 Å². The van der Waals surface area contributed by atoms with Crippen LogP contribution in [0.2, 0.25) is 5.02 Å². The molecule has 0 aliphatic carbocycles. The number of rotatable bonds is 6. The Kier molecular flexibility index (Phi) is 5.02. The Morgan fingerprint density at radius 3 is 2.84 bits per heavy atom. The molecule has 0 saturated carbocycles. The van der Waals surface area contributed by atoms with Crippen LogP contribution < -0.4 is 5.32 Å². The van der Waals surface area contributed by atoms with E-state index in [9.17, 15) is 0 Å². The largest absolute Gasteiger partial charge is 0.309 e. The SMILES string of the molecule is CCNC(Cc1ccsc1)c1c(Cl)cnn1C(C)C. The molecule has 3 nitrogen and oxygen atoms in total. The van der Waals surface area contributed by atoms with Crippen molar-refractivity contribution in [1.29, 1.82) is 0 Å². The van der Waals surface area contributed by atoms with Gasteiger partial charge in [0, 0.05) is 6.04 Å². The summed E-state index contributed by atoms with van der Waals surface area (Å²) in [6.07, 6.45) is 2.68. The highest BCUT2D eigenvalue weighted by atomic mass is 35.5. The lowest BCUT2D eigenvalue weighted by Crippen LogP contribution is -2.26. The Morgan fingerprint density at radius 1 is 1.47 bits per heavy atom. The minimum Gasteiger partial charge on any atom is -0.309 e. The summed E-state index contributed by atoms with van der Waals surface area (Å²) in [5, 5.41) is 13.0. The van der Waals surface area contributed by atoms with Crippen molar-refractivity contribution >= 4 is 22.9 Å². The maximum absolute atomic E-state index is 6.34. The number of aromatic nitrogens is 2. The number of thiophene rings is 1. The van der Waals surface area contributed by atoms with Gasteiger partial charge in [0.15, 0.2) is 0 Å². The number of halogens is 1. The van der Waals surface area contributed by atoms with Gasteiger partial charge in [-0.2, -0.15) is 16.4 Å². The van der Waals surface area contributed by atoms with Crippen molar-refractivity contribution in [2.45, 2.75) is 39.3 Å². The lowest BCUT2D eigenvalue weighted by atomic mass is 10.1. The molecule has 0 spiro atoms. The summed E-state index contributed by atoms with van der Waals surface area (Å²) in [5.41, 5.74) is 2.42. The second-order valence-corrected chi connectivity index (χ2v) is 6.05. The molecule has 0 amide bonds. The topological polar surface area (TPSA) is 29.9 Å². The summed E-state index contributed by atoms with van der Waals surface area (Å²) in [7, 11) is 0. The lowest BCUT2D eigenvalue weighted by Gasteiger charge is -2.21. The second kappa shape index (κ2) is 6.55. The summed E-state index contributed by atoms with van der Waals surface area (Å²) in [5.74, 6) is 0. The van der Waals surface area contributed by atoms with Gasteiger partial charge < -0.3 is 5.32 Å². The van der Waals surface area contributed by atoms with E-state index in [-0.39, 0.29) is 6.04 Å². The number of likely N-dealkylation sites (N-methyl/N-ethyl adjacent to an activating group) is 1. The molecule has 5 heteroatoms. The Morgan fingerprint density at radius 2 is 2.26 bits per heavy atom. The standard InChI is InChI=1S/C14H20ClN3S/c1-4-16-13(7-11-5-6-19-9-11)14-12(15)8-17-18(14)10(2)3/h5-6,8-10,13,16H,4,7H2,1-3H3. The van der Waals surface area contributed by atoms with Crippen LogP contribution in [0.4, 0.5) is 0 Å². The van der Waals surface area contributed by atoms with Crippen LogP contribution >= 0.6 is 22.9 Å². The molecule has 2 aromatic heterocycles. The molecule has 104 valence electrons. The highest BCUT2D eigenvalue weighted by molar-refractivity contribution is 7.07. The van der Waals surface area contributed by atoms with Gasteiger partial charge in [0.2, 0.25) is 0 Å². The van der Waals surface area contributed by atoms with Crippen molar-refractivity contribution in [3.05, 3.63) is 39.3 Å². The van der Waals surface area contributed by atoms with Crippen LogP contribution in [0.5, 0.6) is 0 Å². The van der Waals surface area contributed by atoms with E-state index in [0.29, 0.717) is 6.04 Å². The van der Waals surface area contributed by atoms with Gasteiger partial charge in [-0.15, -0.1) is 0 Å². The van der Waals surface area contributed by atoms with E-state index in [1.807, 2.05) is 4.68 Å². The van der Waals surface area contributed by atoms with Gasteiger partial charge in [0.05, 0.1) is 23.0 Å². The van der Waals surface area contributed by atoms with Crippen molar-refractivity contribution in [3.8, 4) is 0 Å². The predicted octanol–water partition coefficient (Wildman–Crippen LogP) is 4.07. The van der Waals surface area contributed by atoms with Crippen LogP contribution in [0.3, 0.4) is 0 Å². The molecule has 0 aromatic carbocycles. The van der Waals surface area contributed by atoms with Gasteiger partial charge in [-0.1, -0.05) is 18.5 Å². The lowest BCUT2D eigenvalue weighted by molar-refractivity contribution is 0.448. The summed E-state index contributed by atoms with van der Waals surface area (Å²) in [4.78, 5) is 0. The number of hydrogen-bond donors (Lipinski definition) is 1. The average Bonchev–Trinajstić information content (AvgIpc) is 2.97. The average molecular weight is 298 g/mol. The highest BCUT2D eigenvalue weighted by Gasteiger charge is 2.21. The van der Waals surface area contributed by atoms with Gasteiger partial charge in [0.1, 0.15) is 0 Å². The molecule has 19 heavy (non-hydrogen) atoms. The van der Waals surface area contributed by atoms with Gasteiger partial charge in [-0.05, 0) is 49.2 Å². The molecule has 2 aromatic rings. The predicted molar refractivity (Wildman–Crippen MR) is 82.1 cm³/mol. The molecule has 0 fully saturated rings. The summed E-state index contributed by atoms with van der Waals surface area (Å²) in [6, 6.07) is 2.68. The first-order valence-electron chi connectivity index (χ1n) is 6.60. The Balaban J connectivity index is 2.30. The van der Waals surface area contributed by atoms with Gasteiger partial charge >= 0.3 is 0 Å². The van der Waals surface area contributed by atoms with E-state index in [4.69, 9.17) is 11.6 Å². The Hall–Kier alpha value is -0.840. The normalized spacial score (nSPS) is 13.1. The van der Waals surface area contributed by atoms with E-state index < -0.39 is 0 Å². The first kappa shape index (κ1) is 14.6. The zero-order chi connectivity index (χ0) is 13.8. The van der Waals surface area contributed by atoms with E-state index in [0.717, 1.165) is 23.7 Å². The smallest absolute Gasteiger partial charge is 0.0834 e. The molecule has 0 bridgehead atoms. The monoisotopic (exact) mass is 297 g/mol. The number of nitrogens with one attached hydrogen (secondary N) is 1. The van der Waals surface area contributed by atoms with Crippen molar-refractivity contribution in [1.82, 2.24) is 15.1 Å². The Bertz CT molecular complexity index is 505. The van der Waals surface area contributed by atoms with Crippen LogP contribution in [-0.2, 0) is 6.42 Å². The fourth-order valence-corrected chi connectivity index (χ4v) is 3.19. The third kappa shape index (κ3) is 3.38. The van der Waals surface area contributed by atoms with Gasteiger partial charge in [-0.3, -0.25) is 4.68 Å². The second-order valence-electron chi connectivity index (χ2n) is 4.86. The third-order valence-electron chi connectivity index (χ3n) is 3.08. The zero-order valence-electron chi connectivity index (χ0n) is 11.6. The zero-order valence-corrected chi connectivity index (χ0v) is 13.1. The van der Waals surface area contributed by atoms with E-state index in [2.05, 4.69) is 48.0 Å². The third-order valence-corrected chi connectivity index (χ3v) is 4.10. The minimum atomic E-state index is 0.206.